The third-order valence-electron chi connectivity index (χ3n) is 2.01. The normalized spacial score (nSPS) is 10.2. The monoisotopic (exact) mass is 221 g/mol. The van der Waals surface area contributed by atoms with E-state index in [0.717, 1.165) is 17.9 Å². The maximum absolute atomic E-state index is 11.6. The number of aryl methyl sites for hydroxylation is 1. The van der Waals surface area contributed by atoms with Crippen LogP contribution in [0.1, 0.15) is 23.2 Å². The van der Waals surface area contributed by atoms with E-state index in [0.29, 0.717) is 5.76 Å². The molecule has 0 aliphatic rings. The molecular formula is C11H11NO2S. The number of carbonyl (C=O) groups is 1. The van der Waals surface area contributed by atoms with Crippen molar-refractivity contribution in [3.05, 3.63) is 40.5 Å². The first kappa shape index (κ1) is 9.98. The van der Waals surface area contributed by atoms with Gasteiger partial charge in [0.2, 0.25) is 0 Å². The molecule has 3 nitrogen and oxygen atoms in total. The van der Waals surface area contributed by atoms with Crippen molar-refractivity contribution in [2.24, 2.45) is 0 Å². The van der Waals surface area contributed by atoms with Crippen molar-refractivity contribution >= 4 is 22.9 Å². The Kier molecular flexibility index (Phi) is 2.87. The lowest BCUT2D eigenvalue weighted by atomic mass is 10.3. The van der Waals surface area contributed by atoms with Gasteiger partial charge in [0.25, 0.3) is 5.91 Å². The molecule has 2 aromatic heterocycles. The van der Waals surface area contributed by atoms with Gasteiger partial charge in [-0.05, 0) is 23.6 Å². The summed E-state index contributed by atoms with van der Waals surface area (Å²) >= 11 is 1.54. The molecule has 0 bridgehead atoms. The van der Waals surface area contributed by atoms with E-state index in [4.69, 9.17) is 4.42 Å². The van der Waals surface area contributed by atoms with Crippen LogP contribution >= 0.6 is 11.3 Å². The Bertz CT molecular complexity index is 445. The molecule has 0 aliphatic carbocycles. The van der Waals surface area contributed by atoms with Crippen molar-refractivity contribution in [1.82, 2.24) is 0 Å². The van der Waals surface area contributed by atoms with E-state index in [9.17, 15) is 4.79 Å². The highest BCUT2D eigenvalue weighted by Crippen LogP contribution is 2.15. The van der Waals surface area contributed by atoms with Gasteiger partial charge in [0.1, 0.15) is 5.76 Å². The molecule has 0 aliphatic heterocycles. The number of anilines is 1. The molecule has 0 aromatic carbocycles. The summed E-state index contributed by atoms with van der Waals surface area (Å²) in [5.74, 6) is 0.983. The van der Waals surface area contributed by atoms with Crippen LogP contribution in [-0.2, 0) is 6.42 Å². The van der Waals surface area contributed by atoms with Crippen LogP contribution in [0.3, 0.4) is 0 Å². The minimum atomic E-state index is -0.201. The summed E-state index contributed by atoms with van der Waals surface area (Å²) in [6, 6.07) is 5.37. The first-order chi connectivity index (χ1) is 7.29. The van der Waals surface area contributed by atoms with E-state index >= 15 is 0 Å². The largest absolute Gasteiger partial charge is 0.456 e. The van der Waals surface area contributed by atoms with Crippen molar-refractivity contribution in [2.75, 3.05) is 5.32 Å². The molecule has 0 spiro atoms. The molecule has 0 radical (unpaired) electrons. The lowest BCUT2D eigenvalue weighted by Gasteiger charge is -1.98. The number of nitrogens with one attached hydrogen (secondary N) is 1. The number of hydrogen-bond donors (Lipinski definition) is 1. The maximum atomic E-state index is 11.6. The average molecular weight is 221 g/mol. The highest BCUT2D eigenvalue weighted by atomic mass is 32.1. The number of hydrogen-bond acceptors (Lipinski definition) is 3. The summed E-state index contributed by atoms with van der Waals surface area (Å²) < 4.78 is 5.33. The third kappa shape index (κ3) is 2.27. The van der Waals surface area contributed by atoms with E-state index in [1.54, 1.807) is 17.4 Å². The number of furan rings is 1. The van der Waals surface area contributed by atoms with Gasteiger partial charge in [0, 0.05) is 11.8 Å². The minimum absolute atomic E-state index is 0.201. The predicted molar refractivity (Wildman–Crippen MR) is 60.4 cm³/mol. The van der Waals surface area contributed by atoms with Crippen LogP contribution in [0.4, 0.5) is 5.69 Å². The van der Waals surface area contributed by atoms with Gasteiger partial charge in [-0.1, -0.05) is 6.92 Å². The zero-order valence-electron chi connectivity index (χ0n) is 8.32. The van der Waals surface area contributed by atoms with Crippen LogP contribution in [0.5, 0.6) is 0 Å². The molecule has 1 N–H and O–H groups in total. The van der Waals surface area contributed by atoms with Gasteiger partial charge >= 0.3 is 0 Å². The lowest BCUT2D eigenvalue weighted by Crippen LogP contribution is -2.09. The molecule has 0 unspecified atom stereocenters. The summed E-state index contributed by atoms with van der Waals surface area (Å²) in [5.41, 5.74) is 0.805. The van der Waals surface area contributed by atoms with Gasteiger partial charge in [0.15, 0.2) is 5.76 Å². The highest BCUT2D eigenvalue weighted by molar-refractivity contribution is 7.08. The standard InChI is InChI=1S/C11H11NO2S/c1-2-9-3-4-10(14-9)11(13)12-8-5-6-15-7-8/h3-7H,2H2,1H3,(H,12,13). The SMILES string of the molecule is CCc1ccc(C(=O)Nc2ccsc2)o1. The van der Waals surface area contributed by atoms with Gasteiger partial charge in [-0.15, -0.1) is 0 Å². The molecule has 4 heteroatoms. The molecule has 0 saturated heterocycles. The van der Waals surface area contributed by atoms with Crippen LogP contribution in [-0.4, -0.2) is 5.91 Å². The lowest BCUT2D eigenvalue weighted by molar-refractivity contribution is 0.0995. The van der Waals surface area contributed by atoms with E-state index in [-0.39, 0.29) is 5.91 Å². The van der Waals surface area contributed by atoms with Gasteiger partial charge in [-0.2, -0.15) is 11.3 Å². The van der Waals surface area contributed by atoms with Crippen molar-refractivity contribution in [2.45, 2.75) is 13.3 Å². The molecule has 2 heterocycles. The zero-order valence-corrected chi connectivity index (χ0v) is 9.14. The zero-order chi connectivity index (χ0) is 10.7. The Labute approximate surface area is 91.7 Å². The topological polar surface area (TPSA) is 42.2 Å². The smallest absolute Gasteiger partial charge is 0.291 e. The molecule has 2 rings (SSSR count). The Balaban J connectivity index is 2.08. The summed E-state index contributed by atoms with van der Waals surface area (Å²) in [7, 11) is 0. The molecule has 1 amide bonds. The van der Waals surface area contributed by atoms with Crippen LogP contribution in [0.15, 0.2) is 33.4 Å². The first-order valence-electron chi connectivity index (χ1n) is 4.72. The minimum Gasteiger partial charge on any atom is -0.456 e. The number of carbonyl (C=O) groups excluding carboxylic acids is 1. The Morgan fingerprint density at radius 2 is 2.33 bits per heavy atom. The second kappa shape index (κ2) is 4.31. The fourth-order valence-corrected chi connectivity index (χ4v) is 1.81. The Hall–Kier alpha value is -1.55. The maximum Gasteiger partial charge on any atom is 0.291 e. The van der Waals surface area contributed by atoms with Crippen molar-refractivity contribution in [1.29, 1.82) is 0 Å². The van der Waals surface area contributed by atoms with E-state index in [2.05, 4.69) is 5.32 Å². The van der Waals surface area contributed by atoms with Crippen LogP contribution in [0.2, 0.25) is 0 Å². The fraction of sp³-hybridized carbons (Fsp3) is 0.182. The second-order valence-corrected chi connectivity index (χ2v) is 3.87. The summed E-state index contributed by atoms with van der Waals surface area (Å²) in [5, 5.41) is 6.54. The van der Waals surface area contributed by atoms with E-state index < -0.39 is 0 Å². The van der Waals surface area contributed by atoms with Crippen molar-refractivity contribution < 1.29 is 9.21 Å². The molecule has 2 aromatic rings. The van der Waals surface area contributed by atoms with Crippen LogP contribution in [0.25, 0.3) is 0 Å². The van der Waals surface area contributed by atoms with Gasteiger partial charge < -0.3 is 9.73 Å². The predicted octanol–water partition coefficient (Wildman–Crippen LogP) is 3.16. The summed E-state index contributed by atoms with van der Waals surface area (Å²) in [6.45, 7) is 1.99. The second-order valence-electron chi connectivity index (χ2n) is 3.09. The van der Waals surface area contributed by atoms with Gasteiger partial charge in [-0.25, -0.2) is 0 Å². The Morgan fingerprint density at radius 1 is 1.47 bits per heavy atom. The molecule has 0 saturated carbocycles. The quantitative estimate of drug-likeness (QED) is 0.865. The molecular weight excluding hydrogens is 210 g/mol. The summed E-state index contributed by atoms with van der Waals surface area (Å²) in [6.07, 6.45) is 0.797. The van der Waals surface area contributed by atoms with Gasteiger partial charge in [-0.3, -0.25) is 4.79 Å². The van der Waals surface area contributed by atoms with Crippen molar-refractivity contribution in [3.8, 4) is 0 Å². The van der Waals surface area contributed by atoms with Crippen LogP contribution < -0.4 is 5.32 Å². The Morgan fingerprint density at radius 3 is 2.93 bits per heavy atom. The number of rotatable bonds is 3. The molecule has 0 fully saturated rings. The fourth-order valence-electron chi connectivity index (χ4n) is 1.22. The first-order valence-corrected chi connectivity index (χ1v) is 5.66. The third-order valence-corrected chi connectivity index (χ3v) is 2.70. The molecule has 0 atom stereocenters. The van der Waals surface area contributed by atoms with E-state index in [1.807, 2.05) is 29.8 Å². The van der Waals surface area contributed by atoms with Crippen molar-refractivity contribution in [3.63, 3.8) is 0 Å². The van der Waals surface area contributed by atoms with Gasteiger partial charge in [0.05, 0.1) is 5.69 Å². The average Bonchev–Trinajstić information content (AvgIpc) is 2.86. The number of amides is 1. The van der Waals surface area contributed by atoms with Crippen LogP contribution in [0, 0.1) is 0 Å². The molecule has 78 valence electrons. The van der Waals surface area contributed by atoms with E-state index in [1.165, 1.54) is 0 Å². The highest BCUT2D eigenvalue weighted by Gasteiger charge is 2.10. The summed E-state index contributed by atoms with van der Waals surface area (Å²) in [4.78, 5) is 11.6. The number of thiophene rings is 1. The molecule has 15 heavy (non-hydrogen) atoms.